The molecule has 0 bridgehead atoms. The van der Waals surface area contributed by atoms with E-state index in [9.17, 15) is 18.3 Å². The van der Waals surface area contributed by atoms with E-state index in [4.69, 9.17) is 4.42 Å². The molecular formula is C19H18N2O5S. The van der Waals surface area contributed by atoms with Crippen molar-refractivity contribution in [3.8, 4) is 0 Å². The summed E-state index contributed by atoms with van der Waals surface area (Å²) in [6.07, 6.45) is 0.474. The molecule has 0 fully saturated rings. The van der Waals surface area contributed by atoms with Gasteiger partial charge in [0.1, 0.15) is 11.9 Å². The van der Waals surface area contributed by atoms with E-state index in [-0.39, 0.29) is 17.0 Å². The summed E-state index contributed by atoms with van der Waals surface area (Å²) < 4.78 is 32.3. The molecule has 0 aliphatic rings. The summed E-state index contributed by atoms with van der Waals surface area (Å²) >= 11 is 0. The minimum atomic E-state index is -3.75. The summed E-state index contributed by atoms with van der Waals surface area (Å²) in [5, 5.41) is 12.5. The first-order chi connectivity index (χ1) is 13.0. The molecule has 140 valence electrons. The zero-order valence-corrected chi connectivity index (χ0v) is 15.0. The van der Waals surface area contributed by atoms with Crippen molar-refractivity contribution in [2.45, 2.75) is 11.0 Å². The molecule has 0 radical (unpaired) electrons. The van der Waals surface area contributed by atoms with Crippen LogP contribution < -0.4 is 10.0 Å². The van der Waals surface area contributed by atoms with Gasteiger partial charge in [0.15, 0.2) is 0 Å². The van der Waals surface area contributed by atoms with Crippen LogP contribution in [0.1, 0.15) is 22.2 Å². The van der Waals surface area contributed by atoms with Crippen molar-refractivity contribution in [1.82, 2.24) is 5.32 Å². The summed E-state index contributed by atoms with van der Waals surface area (Å²) in [6, 6.07) is 17.3. The van der Waals surface area contributed by atoms with Gasteiger partial charge in [0.25, 0.3) is 15.9 Å². The lowest BCUT2D eigenvalue weighted by Gasteiger charge is -2.11. The fraction of sp³-hybridized carbons (Fsp3) is 0.105. The van der Waals surface area contributed by atoms with E-state index in [2.05, 4.69) is 10.0 Å². The number of anilines is 1. The Morgan fingerprint density at radius 3 is 2.33 bits per heavy atom. The first kappa shape index (κ1) is 18.7. The molecule has 2 aromatic carbocycles. The summed E-state index contributed by atoms with van der Waals surface area (Å²) in [5.41, 5.74) is 0.728. The molecule has 27 heavy (non-hydrogen) atoms. The van der Waals surface area contributed by atoms with Crippen molar-refractivity contribution in [3.05, 3.63) is 84.3 Å². The van der Waals surface area contributed by atoms with E-state index < -0.39 is 22.0 Å². The number of furan rings is 1. The van der Waals surface area contributed by atoms with Gasteiger partial charge in [-0.05, 0) is 48.5 Å². The molecule has 3 N–H and O–H groups in total. The van der Waals surface area contributed by atoms with Gasteiger partial charge in [-0.2, -0.15) is 0 Å². The lowest BCUT2D eigenvalue weighted by Crippen LogP contribution is -2.28. The third kappa shape index (κ3) is 4.75. The van der Waals surface area contributed by atoms with Crippen LogP contribution in [-0.2, 0) is 10.0 Å². The van der Waals surface area contributed by atoms with Gasteiger partial charge in [-0.25, -0.2) is 8.42 Å². The zero-order chi connectivity index (χ0) is 19.3. The number of hydrogen-bond donors (Lipinski definition) is 3. The number of rotatable bonds is 7. The molecule has 0 aliphatic heterocycles. The number of carbonyl (C=O) groups is 1. The van der Waals surface area contributed by atoms with E-state index >= 15 is 0 Å². The van der Waals surface area contributed by atoms with Crippen molar-refractivity contribution in [2.24, 2.45) is 0 Å². The Morgan fingerprint density at radius 2 is 1.70 bits per heavy atom. The van der Waals surface area contributed by atoms with E-state index in [0.717, 1.165) is 0 Å². The molecule has 1 unspecified atom stereocenters. The Balaban J connectivity index is 1.63. The van der Waals surface area contributed by atoms with Crippen LogP contribution in [-0.4, -0.2) is 26.0 Å². The van der Waals surface area contributed by atoms with Crippen LogP contribution in [0.5, 0.6) is 0 Å². The highest BCUT2D eigenvalue weighted by atomic mass is 32.2. The number of sulfonamides is 1. The second kappa shape index (κ2) is 8.07. The minimum Gasteiger partial charge on any atom is -0.467 e. The molecule has 1 heterocycles. The molecular weight excluding hydrogens is 368 g/mol. The van der Waals surface area contributed by atoms with E-state index in [1.165, 1.54) is 30.5 Å². The maximum absolute atomic E-state index is 12.4. The molecule has 0 saturated heterocycles. The van der Waals surface area contributed by atoms with E-state index in [1.807, 2.05) is 0 Å². The molecule has 1 amide bonds. The number of aliphatic hydroxyl groups excluding tert-OH is 1. The van der Waals surface area contributed by atoms with Gasteiger partial charge >= 0.3 is 0 Å². The van der Waals surface area contributed by atoms with Crippen LogP contribution in [0.15, 0.2) is 82.3 Å². The predicted octanol–water partition coefficient (Wildman–Crippen LogP) is 2.54. The van der Waals surface area contributed by atoms with Gasteiger partial charge in [-0.15, -0.1) is 0 Å². The summed E-state index contributed by atoms with van der Waals surface area (Å²) in [7, 11) is -3.75. The average molecular weight is 386 g/mol. The number of benzene rings is 2. The molecule has 0 spiro atoms. The Morgan fingerprint density at radius 1 is 1.00 bits per heavy atom. The maximum Gasteiger partial charge on any atom is 0.261 e. The minimum absolute atomic E-state index is 0.0258. The standard InChI is InChI=1S/C19H18N2O5S/c22-17(18-7-4-12-26-18)13-20-19(23)14-8-10-16(11-9-14)27(24,25)21-15-5-2-1-3-6-15/h1-12,17,21-22H,13H2,(H,20,23). The first-order valence-electron chi connectivity index (χ1n) is 8.13. The van der Waals surface area contributed by atoms with Gasteiger partial charge in [0.05, 0.1) is 17.7 Å². The first-order valence-corrected chi connectivity index (χ1v) is 9.61. The van der Waals surface area contributed by atoms with Gasteiger partial charge in [0.2, 0.25) is 0 Å². The van der Waals surface area contributed by atoms with Crippen LogP contribution in [0.2, 0.25) is 0 Å². The third-order valence-electron chi connectivity index (χ3n) is 3.78. The highest BCUT2D eigenvalue weighted by Gasteiger charge is 2.16. The van der Waals surface area contributed by atoms with Crippen molar-refractivity contribution >= 4 is 21.6 Å². The van der Waals surface area contributed by atoms with Crippen LogP contribution in [0, 0.1) is 0 Å². The quantitative estimate of drug-likeness (QED) is 0.578. The lowest BCUT2D eigenvalue weighted by atomic mass is 10.2. The fourth-order valence-corrected chi connectivity index (χ4v) is 3.44. The average Bonchev–Trinajstić information content (AvgIpc) is 3.21. The van der Waals surface area contributed by atoms with Gasteiger partial charge in [0, 0.05) is 11.3 Å². The zero-order valence-electron chi connectivity index (χ0n) is 14.2. The number of hydrogen-bond acceptors (Lipinski definition) is 5. The molecule has 8 heteroatoms. The molecule has 3 rings (SSSR count). The van der Waals surface area contributed by atoms with Gasteiger partial charge in [-0.3, -0.25) is 9.52 Å². The SMILES string of the molecule is O=C(NCC(O)c1ccco1)c1ccc(S(=O)(=O)Nc2ccccc2)cc1. The maximum atomic E-state index is 12.4. The van der Waals surface area contributed by atoms with Crippen molar-refractivity contribution in [2.75, 3.05) is 11.3 Å². The van der Waals surface area contributed by atoms with Crippen LogP contribution in [0.3, 0.4) is 0 Å². The molecule has 0 aliphatic carbocycles. The topological polar surface area (TPSA) is 109 Å². The summed E-state index contributed by atoms with van der Waals surface area (Å²) in [4.78, 5) is 12.2. The Labute approximate surface area is 156 Å². The van der Waals surface area contributed by atoms with Crippen LogP contribution in [0.4, 0.5) is 5.69 Å². The summed E-state index contributed by atoms with van der Waals surface area (Å²) in [5.74, 6) is -0.0794. The lowest BCUT2D eigenvalue weighted by molar-refractivity contribution is 0.0901. The smallest absolute Gasteiger partial charge is 0.261 e. The highest BCUT2D eigenvalue weighted by Crippen LogP contribution is 2.17. The number of para-hydroxylation sites is 1. The number of aliphatic hydroxyl groups is 1. The molecule has 0 saturated carbocycles. The molecule has 7 nitrogen and oxygen atoms in total. The van der Waals surface area contributed by atoms with Crippen molar-refractivity contribution in [1.29, 1.82) is 0 Å². The van der Waals surface area contributed by atoms with Crippen molar-refractivity contribution < 1.29 is 22.7 Å². The Bertz CT molecular complexity index is 984. The van der Waals surface area contributed by atoms with Gasteiger partial charge < -0.3 is 14.8 Å². The number of amides is 1. The second-order valence-corrected chi connectivity index (χ2v) is 7.42. The predicted molar refractivity (Wildman–Crippen MR) is 99.7 cm³/mol. The monoisotopic (exact) mass is 386 g/mol. The molecule has 1 aromatic heterocycles. The number of carbonyl (C=O) groups excluding carboxylic acids is 1. The summed E-state index contributed by atoms with van der Waals surface area (Å²) in [6.45, 7) is -0.0258. The molecule has 3 aromatic rings. The number of nitrogens with one attached hydrogen (secondary N) is 2. The third-order valence-corrected chi connectivity index (χ3v) is 5.18. The van der Waals surface area contributed by atoms with E-state index in [1.54, 1.807) is 42.5 Å². The molecule has 1 atom stereocenters. The fourth-order valence-electron chi connectivity index (χ4n) is 2.38. The normalized spacial score (nSPS) is 12.3. The van der Waals surface area contributed by atoms with Gasteiger partial charge in [-0.1, -0.05) is 18.2 Å². The highest BCUT2D eigenvalue weighted by molar-refractivity contribution is 7.92. The van der Waals surface area contributed by atoms with Crippen LogP contribution >= 0.6 is 0 Å². The van der Waals surface area contributed by atoms with E-state index in [0.29, 0.717) is 11.4 Å². The second-order valence-electron chi connectivity index (χ2n) is 5.74. The largest absolute Gasteiger partial charge is 0.467 e. The van der Waals surface area contributed by atoms with Crippen molar-refractivity contribution in [3.63, 3.8) is 0 Å². The van der Waals surface area contributed by atoms with Crippen LogP contribution in [0.25, 0.3) is 0 Å². The Kier molecular flexibility index (Phi) is 5.58. The Hall–Kier alpha value is -3.10.